The first-order chi connectivity index (χ1) is 20.4. The number of alkyl halides is 6. The van der Waals surface area contributed by atoms with Crippen LogP contribution in [-0.2, 0) is 12.4 Å². The van der Waals surface area contributed by atoms with Crippen LogP contribution in [0, 0.1) is 5.92 Å². The molecule has 3 atom stereocenters. The quantitative estimate of drug-likeness (QED) is 0.164. The highest BCUT2D eigenvalue weighted by atomic mass is 32.1. The van der Waals surface area contributed by atoms with E-state index in [2.05, 4.69) is 18.2 Å². The van der Waals surface area contributed by atoms with E-state index in [9.17, 15) is 26.3 Å². The third-order valence-corrected chi connectivity index (χ3v) is 9.83. The molecule has 3 nitrogen and oxygen atoms in total. The van der Waals surface area contributed by atoms with Gasteiger partial charge in [0.05, 0.1) is 27.6 Å². The first kappa shape index (κ1) is 26.3. The number of rotatable bonds is 1. The Bertz CT molecular complexity index is 2090. The number of hydrogen-bond acceptors (Lipinski definition) is 4. The number of fused-ring (bicyclic) bond motifs is 10. The summed E-state index contributed by atoms with van der Waals surface area (Å²) in [5.74, 6) is -1.86. The summed E-state index contributed by atoms with van der Waals surface area (Å²) in [5.41, 5.74) is -1.59. The predicted molar refractivity (Wildman–Crippen MR) is 153 cm³/mol. The van der Waals surface area contributed by atoms with Crippen LogP contribution >= 0.6 is 11.3 Å². The molecular weight excluding hydrogens is 586 g/mol. The van der Waals surface area contributed by atoms with Crippen molar-refractivity contribution in [2.75, 3.05) is 0 Å². The van der Waals surface area contributed by atoms with Crippen LogP contribution in [0.25, 0.3) is 27.9 Å². The van der Waals surface area contributed by atoms with E-state index in [1.165, 1.54) is 5.56 Å². The van der Waals surface area contributed by atoms with Crippen molar-refractivity contribution < 1.29 is 31.1 Å². The predicted octanol–water partition coefficient (Wildman–Crippen LogP) is 7.67. The molecule has 43 heavy (non-hydrogen) atoms. The Hall–Kier alpha value is -4.31. The van der Waals surface area contributed by atoms with Gasteiger partial charge in [-0.2, -0.15) is 26.3 Å². The fourth-order valence-electron chi connectivity index (χ4n) is 6.60. The van der Waals surface area contributed by atoms with Crippen molar-refractivity contribution in [3.8, 4) is 5.75 Å². The Morgan fingerprint density at radius 2 is 1.63 bits per heavy atom. The zero-order chi connectivity index (χ0) is 29.9. The Balaban J connectivity index is 1.38. The van der Waals surface area contributed by atoms with E-state index in [0.29, 0.717) is 6.07 Å². The van der Waals surface area contributed by atoms with Crippen LogP contribution in [0.1, 0.15) is 34.4 Å². The maximum absolute atomic E-state index is 14.2. The van der Waals surface area contributed by atoms with Crippen molar-refractivity contribution >= 4 is 45.2 Å². The number of benzene rings is 3. The third kappa shape index (κ3) is 3.71. The Morgan fingerprint density at radius 1 is 0.884 bits per heavy atom. The number of hydrazone groups is 1. The maximum atomic E-state index is 14.2. The first-order valence-corrected chi connectivity index (χ1v) is 14.3. The molecule has 0 amide bonds. The van der Waals surface area contributed by atoms with Crippen LogP contribution in [0.5, 0.6) is 5.75 Å². The van der Waals surface area contributed by atoms with E-state index in [1.807, 2.05) is 61.5 Å². The molecule has 2 aliphatic heterocycles. The average molecular weight is 607 g/mol. The van der Waals surface area contributed by atoms with E-state index in [4.69, 9.17) is 9.84 Å². The molecule has 0 saturated carbocycles. The molecule has 216 valence electrons. The van der Waals surface area contributed by atoms with Crippen molar-refractivity contribution in [2.45, 2.75) is 30.7 Å². The Kier molecular flexibility index (Phi) is 5.28. The number of ether oxygens (including phenoxy) is 1. The van der Waals surface area contributed by atoms with Gasteiger partial charge in [-0.05, 0) is 58.2 Å². The highest BCUT2D eigenvalue weighted by Gasteiger charge is 2.54. The van der Waals surface area contributed by atoms with Crippen LogP contribution < -0.4 is 15.2 Å². The lowest BCUT2D eigenvalue weighted by Gasteiger charge is -2.53. The largest absolute Gasteiger partial charge is 0.440 e. The minimum Gasteiger partial charge on any atom is -0.440 e. The molecule has 3 heterocycles. The smallest absolute Gasteiger partial charge is 0.420 e. The second-order valence-electron chi connectivity index (χ2n) is 11.2. The van der Waals surface area contributed by atoms with E-state index >= 15 is 0 Å². The van der Waals surface area contributed by atoms with Gasteiger partial charge in [0.1, 0.15) is 11.3 Å². The van der Waals surface area contributed by atoms with Crippen LogP contribution in [-0.4, -0.2) is 16.4 Å². The summed E-state index contributed by atoms with van der Waals surface area (Å²) < 4.78 is 90.8. The fourth-order valence-corrected chi connectivity index (χ4v) is 7.91. The normalized spacial score (nSPS) is 23.6. The maximum Gasteiger partial charge on any atom is 0.420 e. The van der Waals surface area contributed by atoms with Crippen LogP contribution in [0.3, 0.4) is 0 Å². The molecule has 4 aliphatic rings. The zero-order valence-electron chi connectivity index (χ0n) is 22.3. The molecule has 0 N–H and O–H groups in total. The van der Waals surface area contributed by atoms with Crippen molar-refractivity contribution in [3.63, 3.8) is 0 Å². The number of nitrogens with zero attached hydrogens (tertiary/aromatic N) is 2. The van der Waals surface area contributed by atoms with Crippen LogP contribution in [0.4, 0.5) is 26.3 Å². The van der Waals surface area contributed by atoms with Gasteiger partial charge in [0.15, 0.2) is 0 Å². The Labute approximate surface area is 245 Å². The van der Waals surface area contributed by atoms with Crippen molar-refractivity contribution in [1.82, 2.24) is 5.01 Å². The minimum absolute atomic E-state index is 0.0521. The van der Waals surface area contributed by atoms with Gasteiger partial charge in [-0.15, -0.1) is 16.4 Å². The summed E-state index contributed by atoms with van der Waals surface area (Å²) in [7, 11) is 0. The summed E-state index contributed by atoms with van der Waals surface area (Å²) in [6, 6.07) is 17.9. The zero-order valence-corrected chi connectivity index (χ0v) is 23.1. The number of thiophene rings is 1. The van der Waals surface area contributed by atoms with Crippen LogP contribution in [0.2, 0.25) is 0 Å². The second-order valence-corrected chi connectivity index (χ2v) is 12.2. The van der Waals surface area contributed by atoms with Gasteiger partial charge in [0, 0.05) is 10.6 Å². The van der Waals surface area contributed by atoms with E-state index in [0.717, 1.165) is 48.8 Å². The van der Waals surface area contributed by atoms with Gasteiger partial charge in [0.25, 0.3) is 0 Å². The number of halogens is 6. The van der Waals surface area contributed by atoms with Gasteiger partial charge in [-0.1, -0.05) is 66.8 Å². The molecule has 0 saturated heterocycles. The minimum atomic E-state index is -5.32. The molecule has 0 spiro atoms. The van der Waals surface area contributed by atoms with Gasteiger partial charge in [-0.25, -0.2) is 5.01 Å². The van der Waals surface area contributed by atoms with Gasteiger partial charge in [0.2, 0.25) is 5.90 Å². The number of hydrogen-bond donors (Lipinski definition) is 0. The van der Waals surface area contributed by atoms with E-state index < -0.39 is 40.7 Å². The van der Waals surface area contributed by atoms with Crippen molar-refractivity contribution in [1.29, 1.82) is 0 Å². The summed E-state index contributed by atoms with van der Waals surface area (Å²) in [5, 5.41) is 9.48. The molecule has 10 heteroatoms. The van der Waals surface area contributed by atoms with Crippen LogP contribution in [0.15, 0.2) is 89.6 Å². The lowest BCUT2D eigenvalue weighted by molar-refractivity contribution is -0.162. The Morgan fingerprint density at radius 3 is 2.35 bits per heavy atom. The third-order valence-electron chi connectivity index (χ3n) is 8.64. The fraction of sp³-hybridized carbons (Fsp3) is 0.182. The lowest BCUT2D eigenvalue weighted by Crippen LogP contribution is -2.55. The second kappa shape index (κ2) is 8.63. The van der Waals surface area contributed by atoms with Gasteiger partial charge >= 0.3 is 12.4 Å². The molecule has 0 radical (unpaired) electrons. The standard InChI is InChI=1S/C33H20F6N2OS/c1-31-14-13-22(31)26-19-9-4-5-12-25(19)43-29(26)28-20-15-17-7-2-3-8-18(17)16-21(20)30(40-41(28)31)42-24-11-6-10-23(32(34,35)36)27(24)33(37,38)39/h2-16,21-22H,1H3. The van der Waals surface area contributed by atoms with Gasteiger partial charge < -0.3 is 4.74 Å². The summed E-state index contributed by atoms with van der Waals surface area (Å²) in [6.07, 6.45) is -2.63. The van der Waals surface area contributed by atoms with Crippen molar-refractivity contribution in [3.05, 3.63) is 116 Å². The highest BCUT2D eigenvalue weighted by Crippen LogP contribution is 2.59. The molecule has 3 unspecified atom stereocenters. The van der Waals surface area contributed by atoms with E-state index in [1.54, 1.807) is 16.3 Å². The molecule has 0 bridgehead atoms. The molecular formula is C33H20F6N2OS. The molecule has 3 aromatic carbocycles. The highest BCUT2D eigenvalue weighted by molar-refractivity contribution is 7.20. The molecule has 0 fully saturated rings. The molecule has 1 aromatic heterocycles. The van der Waals surface area contributed by atoms with Crippen molar-refractivity contribution in [2.24, 2.45) is 11.0 Å². The molecule has 4 aromatic rings. The summed E-state index contributed by atoms with van der Waals surface area (Å²) in [6.45, 7) is 2.00. The monoisotopic (exact) mass is 606 g/mol. The lowest BCUT2D eigenvalue weighted by atomic mass is 9.67. The summed E-state index contributed by atoms with van der Waals surface area (Å²) >= 11 is 1.63. The van der Waals surface area contributed by atoms with E-state index in [-0.39, 0.29) is 11.8 Å². The average Bonchev–Trinajstić information content (AvgIpc) is 3.32. The molecule has 8 rings (SSSR count). The van der Waals surface area contributed by atoms with Gasteiger partial charge in [-0.3, -0.25) is 0 Å². The topological polar surface area (TPSA) is 24.8 Å². The summed E-state index contributed by atoms with van der Waals surface area (Å²) in [4.78, 5) is 1.01. The molecule has 2 aliphatic carbocycles. The SMILES string of the molecule is CC12C=CC1c1c(sc3ccccc13)C1=C3C=c4ccccc4=CC3C(Oc3cccc(C(F)(F)F)c3C(F)(F)F)=NN12. The first-order valence-electron chi connectivity index (χ1n) is 13.5.